The van der Waals surface area contributed by atoms with Crippen molar-refractivity contribution >= 4 is 5.84 Å². The first-order chi connectivity index (χ1) is 8.15. The molecule has 3 heteroatoms. The largest absolute Gasteiger partial charge is 0.382 e. The van der Waals surface area contributed by atoms with E-state index in [9.17, 15) is 0 Å². The first-order valence-electron chi connectivity index (χ1n) is 6.29. The van der Waals surface area contributed by atoms with Crippen molar-refractivity contribution in [3.05, 3.63) is 35.4 Å². The van der Waals surface area contributed by atoms with Crippen molar-refractivity contribution in [2.75, 3.05) is 0 Å². The van der Waals surface area contributed by atoms with E-state index in [1.807, 2.05) is 52.0 Å². The highest BCUT2D eigenvalue weighted by atomic mass is 15.1. The van der Waals surface area contributed by atoms with E-state index in [2.05, 4.69) is 18.9 Å². The zero-order valence-corrected chi connectivity index (χ0v) is 12.0. The van der Waals surface area contributed by atoms with Gasteiger partial charge in [0.25, 0.3) is 0 Å². The SMILES string of the molecule is CC.CC.CC(C)c1ccc(/C(N)=N/N)cc1. The van der Waals surface area contributed by atoms with Crippen molar-refractivity contribution < 1.29 is 0 Å². The summed E-state index contributed by atoms with van der Waals surface area (Å²) in [6.45, 7) is 12.3. The fourth-order valence-electron chi connectivity index (χ4n) is 1.11. The highest BCUT2D eigenvalue weighted by Crippen LogP contribution is 2.14. The summed E-state index contributed by atoms with van der Waals surface area (Å²) >= 11 is 0. The normalized spacial score (nSPS) is 9.94. The maximum absolute atomic E-state index is 5.55. The standard InChI is InChI=1S/C10H15N3.2C2H6/c1-7(2)8-3-5-9(6-4-8)10(11)13-12;2*1-2/h3-7H,12H2,1-2H3,(H2,11,13);2*1-2H3. The van der Waals surface area contributed by atoms with Gasteiger partial charge in [-0.05, 0) is 11.5 Å². The number of hydrogen-bond acceptors (Lipinski definition) is 2. The minimum atomic E-state index is 0.371. The summed E-state index contributed by atoms with van der Waals surface area (Å²) in [4.78, 5) is 0. The molecule has 0 aliphatic rings. The van der Waals surface area contributed by atoms with Crippen LogP contribution in [0.2, 0.25) is 0 Å². The molecule has 0 radical (unpaired) electrons. The van der Waals surface area contributed by atoms with Gasteiger partial charge in [-0.1, -0.05) is 65.8 Å². The molecule has 0 unspecified atom stereocenters. The van der Waals surface area contributed by atoms with Crippen LogP contribution in [0.4, 0.5) is 0 Å². The van der Waals surface area contributed by atoms with Gasteiger partial charge in [-0.2, -0.15) is 5.10 Å². The Bertz CT molecular complexity index is 300. The van der Waals surface area contributed by atoms with Crippen LogP contribution in [0.25, 0.3) is 0 Å². The number of hydrogen-bond donors (Lipinski definition) is 2. The zero-order valence-electron chi connectivity index (χ0n) is 12.0. The van der Waals surface area contributed by atoms with E-state index >= 15 is 0 Å². The van der Waals surface area contributed by atoms with E-state index in [1.54, 1.807) is 0 Å². The molecule has 0 spiro atoms. The fraction of sp³-hybridized carbons (Fsp3) is 0.500. The number of amidine groups is 1. The Morgan fingerprint density at radius 2 is 1.41 bits per heavy atom. The lowest BCUT2D eigenvalue weighted by Gasteiger charge is -2.05. The van der Waals surface area contributed by atoms with Gasteiger partial charge in [-0.15, -0.1) is 0 Å². The molecular weight excluding hydrogens is 210 g/mol. The van der Waals surface area contributed by atoms with Crippen molar-refractivity contribution in [1.82, 2.24) is 0 Å². The van der Waals surface area contributed by atoms with Crippen LogP contribution < -0.4 is 11.6 Å². The predicted molar refractivity (Wildman–Crippen MR) is 78.1 cm³/mol. The molecule has 1 aromatic rings. The summed E-state index contributed by atoms with van der Waals surface area (Å²) in [6.07, 6.45) is 0. The summed E-state index contributed by atoms with van der Waals surface area (Å²) < 4.78 is 0. The number of benzene rings is 1. The predicted octanol–water partition coefficient (Wildman–Crippen LogP) is 3.44. The third-order valence-electron chi connectivity index (χ3n) is 2.01. The van der Waals surface area contributed by atoms with Crippen LogP contribution in [0.5, 0.6) is 0 Å². The van der Waals surface area contributed by atoms with Crippen molar-refractivity contribution in [3.8, 4) is 0 Å². The van der Waals surface area contributed by atoms with Gasteiger partial charge in [-0.3, -0.25) is 0 Å². The molecule has 1 aromatic carbocycles. The van der Waals surface area contributed by atoms with Gasteiger partial charge in [0.1, 0.15) is 5.84 Å². The zero-order chi connectivity index (χ0) is 13.8. The molecular formula is C14H27N3. The van der Waals surface area contributed by atoms with Gasteiger partial charge < -0.3 is 11.6 Å². The first-order valence-corrected chi connectivity index (χ1v) is 6.29. The number of rotatable bonds is 2. The van der Waals surface area contributed by atoms with E-state index in [4.69, 9.17) is 11.6 Å². The molecule has 4 N–H and O–H groups in total. The van der Waals surface area contributed by atoms with Gasteiger partial charge in [0.05, 0.1) is 0 Å². The molecule has 0 atom stereocenters. The maximum atomic E-state index is 5.55. The van der Waals surface area contributed by atoms with Gasteiger partial charge in [0, 0.05) is 5.56 Å². The summed E-state index contributed by atoms with van der Waals surface area (Å²) in [5.74, 6) is 5.97. The summed E-state index contributed by atoms with van der Waals surface area (Å²) in [6, 6.07) is 7.94. The van der Waals surface area contributed by atoms with Gasteiger partial charge in [0.2, 0.25) is 0 Å². The highest BCUT2D eigenvalue weighted by Gasteiger charge is 2.00. The van der Waals surface area contributed by atoms with E-state index in [-0.39, 0.29) is 0 Å². The molecule has 17 heavy (non-hydrogen) atoms. The first kappa shape index (κ1) is 17.9. The lowest BCUT2D eigenvalue weighted by molar-refractivity contribution is 0.866. The van der Waals surface area contributed by atoms with E-state index in [1.165, 1.54) is 5.56 Å². The molecule has 0 heterocycles. The Morgan fingerprint density at radius 3 is 1.71 bits per heavy atom. The minimum Gasteiger partial charge on any atom is -0.382 e. The van der Waals surface area contributed by atoms with Crippen LogP contribution in [0, 0.1) is 0 Å². The van der Waals surface area contributed by atoms with Crippen molar-refractivity contribution in [2.45, 2.75) is 47.5 Å². The van der Waals surface area contributed by atoms with E-state index in [0.29, 0.717) is 11.8 Å². The molecule has 0 fully saturated rings. The van der Waals surface area contributed by atoms with Crippen molar-refractivity contribution in [3.63, 3.8) is 0 Å². The monoisotopic (exact) mass is 237 g/mol. The van der Waals surface area contributed by atoms with Crippen LogP contribution in [-0.4, -0.2) is 5.84 Å². The third kappa shape index (κ3) is 6.61. The molecule has 0 saturated carbocycles. The Morgan fingerprint density at radius 1 is 1.00 bits per heavy atom. The summed E-state index contributed by atoms with van der Waals surface area (Å²) in [7, 11) is 0. The third-order valence-corrected chi connectivity index (χ3v) is 2.01. The quantitative estimate of drug-likeness (QED) is 0.358. The number of hydrazone groups is 1. The average Bonchev–Trinajstić information content (AvgIpc) is 2.42. The number of nitrogens with zero attached hydrogens (tertiary/aromatic N) is 1. The smallest absolute Gasteiger partial charge is 0.150 e. The van der Waals surface area contributed by atoms with E-state index < -0.39 is 0 Å². The summed E-state index contributed by atoms with van der Waals surface area (Å²) in [5, 5.41) is 3.43. The number of nitrogens with two attached hydrogens (primary N) is 2. The second-order valence-electron chi connectivity index (χ2n) is 3.29. The molecule has 98 valence electrons. The molecule has 1 rings (SSSR count). The Balaban J connectivity index is 0. The van der Waals surface area contributed by atoms with Crippen molar-refractivity contribution in [2.24, 2.45) is 16.7 Å². The Hall–Kier alpha value is -1.51. The fourth-order valence-corrected chi connectivity index (χ4v) is 1.11. The van der Waals surface area contributed by atoms with Crippen LogP contribution in [0.3, 0.4) is 0 Å². The molecule has 0 aliphatic heterocycles. The Labute approximate surface area is 106 Å². The molecule has 0 bridgehead atoms. The topological polar surface area (TPSA) is 64.4 Å². The van der Waals surface area contributed by atoms with Gasteiger partial charge >= 0.3 is 0 Å². The lowest BCUT2D eigenvalue weighted by atomic mass is 10.0. The molecule has 3 nitrogen and oxygen atoms in total. The van der Waals surface area contributed by atoms with Crippen LogP contribution in [-0.2, 0) is 0 Å². The maximum Gasteiger partial charge on any atom is 0.150 e. The second-order valence-corrected chi connectivity index (χ2v) is 3.29. The molecule has 0 saturated heterocycles. The van der Waals surface area contributed by atoms with Crippen LogP contribution in [0.1, 0.15) is 58.6 Å². The Kier molecular flexibility index (Phi) is 11.6. The van der Waals surface area contributed by atoms with Gasteiger partial charge in [0.15, 0.2) is 0 Å². The molecule has 0 amide bonds. The van der Waals surface area contributed by atoms with E-state index in [0.717, 1.165) is 5.56 Å². The second kappa shape index (κ2) is 11.0. The lowest BCUT2D eigenvalue weighted by Crippen LogP contribution is -2.15. The van der Waals surface area contributed by atoms with Gasteiger partial charge in [-0.25, -0.2) is 0 Å². The van der Waals surface area contributed by atoms with Crippen LogP contribution in [0.15, 0.2) is 29.4 Å². The molecule has 0 aromatic heterocycles. The summed E-state index contributed by atoms with van der Waals surface area (Å²) in [5.41, 5.74) is 7.70. The van der Waals surface area contributed by atoms with Crippen molar-refractivity contribution in [1.29, 1.82) is 0 Å². The van der Waals surface area contributed by atoms with Crippen LogP contribution >= 0.6 is 0 Å². The minimum absolute atomic E-state index is 0.371. The highest BCUT2D eigenvalue weighted by molar-refractivity contribution is 5.97. The molecule has 0 aliphatic carbocycles. The average molecular weight is 237 g/mol.